The minimum atomic E-state index is -4.66. The van der Waals surface area contributed by atoms with Crippen molar-refractivity contribution in [3.05, 3.63) is 111 Å². The van der Waals surface area contributed by atoms with Crippen molar-refractivity contribution in [1.29, 1.82) is 0 Å². The summed E-state index contributed by atoms with van der Waals surface area (Å²) in [5.41, 5.74) is 1.83. The molecule has 0 radical (unpaired) electrons. The van der Waals surface area contributed by atoms with E-state index >= 15 is 0 Å². The van der Waals surface area contributed by atoms with Crippen molar-refractivity contribution in [3.63, 3.8) is 0 Å². The van der Waals surface area contributed by atoms with Crippen LogP contribution in [0.15, 0.2) is 82.5 Å². The number of hydrogen-bond donors (Lipinski definition) is 1. The van der Waals surface area contributed by atoms with Crippen LogP contribution in [0.1, 0.15) is 27.8 Å². The number of hydrogen-bond acceptors (Lipinski definition) is 3. The van der Waals surface area contributed by atoms with Gasteiger partial charge in [-0.25, -0.2) is 8.42 Å². The van der Waals surface area contributed by atoms with E-state index < -0.39 is 27.3 Å². The minimum absolute atomic E-state index is 0.0841. The Bertz CT molecular complexity index is 1580. The number of benzene rings is 3. The van der Waals surface area contributed by atoms with Gasteiger partial charge in [-0.2, -0.15) is 17.5 Å². The van der Waals surface area contributed by atoms with Gasteiger partial charge in [0.1, 0.15) is 0 Å². The monoisotopic (exact) mass is 498 g/mol. The number of H-pyrrole nitrogens is 1. The molecule has 35 heavy (non-hydrogen) atoms. The van der Waals surface area contributed by atoms with Crippen LogP contribution in [0.25, 0.3) is 10.9 Å². The maximum Gasteiger partial charge on any atom is 0.417 e. The minimum Gasteiger partial charge on any atom is -0.322 e. The molecule has 0 bridgehead atoms. The van der Waals surface area contributed by atoms with E-state index in [0.29, 0.717) is 37.6 Å². The molecule has 1 aliphatic heterocycles. The first-order valence-electron chi connectivity index (χ1n) is 11.0. The van der Waals surface area contributed by atoms with E-state index in [1.165, 1.54) is 28.6 Å². The molecule has 0 saturated heterocycles. The molecular formula is C26H21F3N2O3S. The molecular weight excluding hydrogens is 477 g/mol. The first-order chi connectivity index (χ1) is 16.6. The average molecular weight is 499 g/mol. The Morgan fingerprint density at radius 3 is 2.29 bits per heavy atom. The summed E-state index contributed by atoms with van der Waals surface area (Å²) in [6.45, 7) is 0.725. The van der Waals surface area contributed by atoms with Gasteiger partial charge in [-0.1, -0.05) is 42.5 Å². The number of nitrogens with one attached hydrogen (secondary N) is 1. The first-order valence-corrected chi connectivity index (χ1v) is 12.4. The van der Waals surface area contributed by atoms with E-state index in [-0.39, 0.29) is 15.8 Å². The predicted molar refractivity (Wildman–Crippen MR) is 127 cm³/mol. The zero-order valence-corrected chi connectivity index (χ0v) is 19.3. The van der Waals surface area contributed by atoms with Crippen molar-refractivity contribution >= 4 is 20.9 Å². The maximum absolute atomic E-state index is 13.4. The van der Waals surface area contributed by atoms with Gasteiger partial charge in [0, 0.05) is 30.1 Å². The molecule has 4 aromatic rings. The van der Waals surface area contributed by atoms with E-state index in [9.17, 15) is 26.4 Å². The van der Waals surface area contributed by atoms with Crippen LogP contribution in [0, 0.1) is 0 Å². The second-order valence-corrected chi connectivity index (χ2v) is 10.5. The second-order valence-electron chi connectivity index (χ2n) is 8.60. The van der Waals surface area contributed by atoms with Gasteiger partial charge in [0.25, 0.3) is 0 Å². The molecule has 0 unspecified atom stereocenters. The summed E-state index contributed by atoms with van der Waals surface area (Å²) >= 11 is 0. The summed E-state index contributed by atoms with van der Waals surface area (Å²) in [6, 6.07) is 19.3. The zero-order valence-electron chi connectivity index (χ0n) is 18.5. The average Bonchev–Trinajstić information content (AvgIpc) is 2.83. The molecule has 0 aliphatic carbocycles. The fourth-order valence-corrected chi connectivity index (χ4v) is 5.90. The largest absolute Gasteiger partial charge is 0.417 e. The van der Waals surface area contributed by atoms with Crippen molar-refractivity contribution in [1.82, 2.24) is 9.29 Å². The molecule has 5 nitrogen and oxygen atoms in total. The number of aromatic nitrogens is 1. The molecule has 0 saturated carbocycles. The maximum atomic E-state index is 13.4. The number of pyridine rings is 1. The summed E-state index contributed by atoms with van der Waals surface area (Å²) in [4.78, 5) is 14.2. The van der Waals surface area contributed by atoms with Crippen molar-refractivity contribution < 1.29 is 21.6 Å². The number of halogens is 3. The van der Waals surface area contributed by atoms with Crippen LogP contribution in [-0.2, 0) is 35.6 Å². The van der Waals surface area contributed by atoms with Gasteiger partial charge >= 0.3 is 6.18 Å². The van der Waals surface area contributed by atoms with Crippen LogP contribution in [0.3, 0.4) is 0 Å². The lowest BCUT2D eigenvalue weighted by Gasteiger charge is -2.28. The Morgan fingerprint density at radius 1 is 0.886 bits per heavy atom. The SMILES string of the molecule is O=c1cc(C(F)(F)F)c2cc(Cc3ccc(S(=O)(=O)N4CCc5ccccc5C4)cc3)ccc2[nH]1. The highest BCUT2D eigenvalue weighted by Gasteiger charge is 2.33. The number of alkyl halides is 3. The fraction of sp³-hybridized carbons (Fsp3) is 0.192. The molecule has 3 aromatic carbocycles. The lowest BCUT2D eigenvalue weighted by atomic mass is 10.0. The van der Waals surface area contributed by atoms with Crippen LogP contribution in [0.4, 0.5) is 13.2 Å². The van der Waals surface area contributed by atoms with Crippen molar-refractivity contribution in [2.75, 3.05) is 6.54 Å². The molecule has 1 aliphatic rings. The Kier molecular flexibility index (Phi) is 5.77. The lowest BCUT2D eigenvalue weighted by Crippen LogP contribution is -2.35. The lowest BCUT2D eigenvalue weighted by molar-refractivity contribution is -0.136. The van der Waals surface area contributed by atoms with Crippen molar-refractivity contribution in [2.45, 2.75) is 30.5 Å². The normalized spacial score (nSPS) is 14.7. The van der Waals surface area contributed by atoms with Gasteiger partial charge in [0.15, 0.2) is 0 Å². The van der Waals surface area contributed by atoms with Gasteiger partial charge in [-0.05, 0) is 59.4 Å². The number of nitrogens with zero attached hydrogens (tertiary/aromatic N) is 1. The molecule has 0 atom stereocenters. The van der Waals surface area contributed by atoms with Crippen molar-refractivity contribution in [2.24, 2.45) is 0 Å². The topological polar surface area (TPSA) is 70.2 Å². The summed E-state index contributed by atoms with van der Waals surface area (Å²) in [7, 11) is -3.67. The van der Waals surface area contributed by atoms with Crippen LogP contribution in [0.2, 0.25) is 0 Å². The highest BCUT2D eigenvalue weighted by atomic mass is 32.2. The molecule has 0 amide bonds. The van der Waals surface area contributed by atoms with Crippen LogP contribution >= 0.6 is 0 Å². The quantitative estimate of drug-likeness (QED) is 0.436. The molecule has 1 N–H and O–H groups in total. The standard InChI is InChI=1S/C26H21F3N2O3S/c27-26(28,29)23-15-25(32)30-24-10-7-18(14-22(23)24)13-17-5-8-21(9-6-17)35(33,34)31-12-11-19-3-1-2-4-20(19)16-31/h1-10,14-15H,11-13,16H2,(H,30,32). The van der Waals surface area contributed by atoms with Crippen LogP contribution in [-0.4, -0.2) is 24.3 Å². The smallest absolute Gasteiger partial charge is 0.322 e. The third-order valence-electron chi connectivity index (χ3n) is 6.28. The third-order valence-corrected chi connectivity index (χ3v) is 8.14. The molecule has 180 valence electrons. The van der Waals surface area contributed by atoms with E-state index in [4.69, 9.17) is 0 Å². The van der Waals surface area contributed by atoms with Crippen LogP contribution < -0.4 is 5.56 Å². The summed E-state index contributed by atoms with van der Waals surface area (Å²) in [6.07, 6.45) is -3.69. The van der Waals surface area contributed by atoms with E-state index in [1.54, 1.807) is 18.2 Å². The number of sulfonamides is 1. The highest BCUT2D eigenvalue weighted by molar-refractivity contribution is 7.89. The van der Waals surface area contributed by atoms with Gasteiger partial charge in [-0.3, -0.25) is 4.79 Å². The van der Waals surface area contributed by atoms with E-state index in [1.807, 2.05) is 24.3 Å². The summed E-state index contributed by atoms with van der Waals surface area (Å²) < 4.78 is 68.1. The number of fused-ring (bicyclic) bond motifs is 2. The molecule has 0 fully saturated rings. The van der Waals surface area contributed by atoms with Gasteiger partial charge in [0.2, 0.25) is 15.6 Å². The number of rotatable bonds is 4. The van der Waals surface area contributed by atoms with Gasteiger partial charge in [0.05, 0.1) is 10.5 Å². The Morgan fingerprint density at radius 2 is 1.57 bits per heavy atom. The second kappa shape index (κ2) is 8.66. The predicted octanol–water partition coefficient (Wildman–Crippen LogP) is 4.88. The van der Waals surface area contributed by atoms with Gasteiger partial charge < -0.3 is 4.98 Å². The first kappa shape index (κ1) is 23.3. The van der Waals surface area contributed by atoms with Crippen LogP contribution in [0.5, 0.6) is 0 Å². The molecule has 9 heteroatoms. The number of aromatic amines is 1. The summed E-state index contributed by atoms with van der Waals surface area (Å²) in [5, 5.41) is -0.0841. The highest BCUT2D eigenvalue weighted by Crippen LogP contribution is 2.34. The van der Waals surface area contributed by atoms with E-state index in [0.717, 1.165) is 16.7 Å². The summed E-state index contributed by atoms with van der Waals surface area (Å²) in [5.74, 6) is 0. The third kappa shape index (κ3) is 4.61. The van der Waals surface area contributed by atoms with Crippen molar-refractivity contribution in [3.8, 4) is 0 Å². The molecule has 1 aromatic heterocycles. The Labute approximate surface area is 199 Å². The Hall–Kier alpha value is -3.43. The van der Waals surface area contributed by atoms with Gasteiger partial charge in [-0.15, -0.1) is 0 Å². The fourth-order valence-electron chi connectivity index (χ4n) is 4.48. The zero-order chi connectivity index (χ0) is 24.8. The molecule has 2 heterocycles. The Balaban J connectivity index is 1.39. The molecule has 5 rings (SSSR count). The molecule has 0 spiro atoms. The van der Waals surface area contributed by atoms with E-state index in [2.05, 4.69) is 4.98 Å².